The van der Waals surface area contributed by atoms with Crippen molar-refractivity contribution < 1.29 is 4.79 Å². The van der Waals surface area contributed by atoms with Gasteiger partial charge in [-0.15, -0.1) is 6.58 Å². The van der Waals surface area contributed by atoms with Crippen LogP contribution in [0.1, 0.15) is 29.6 Å². The van der Waals surface area contributed by atoms with E-state index in [4.69, 9.17) is 0 Å². The molecule has 0 aliphatic rings. The van der Waals surface area contributed by atoms with E-state index in [2.05, 4.69) is 29.2 Å². The van der Waals surface area contributed by atoms with Crippen molar-refractivity contribution in [3.05, 3.63) is 48.6 Å². The second-order valence-corrected chi connectivity index (χ2v) is 4.92. The van der Waals surface area contributed by atoms with Crippen molar-refractivity contribution in [3.63, 3.8) is 0 Å². The maximum absolute atomic E-state index is 11.9. The smallest absolute Gasteiger partial charge is 0.175 e. The van der Waals surface area contributed by atoms with Gasteiger partial charge in [-0.3, -0.25) is 4.79 Å². The third-order valence-electron chi connectivity index (χ3n) is 2.21. The Hall–Kier alpha value is -0.640. The lowest BCUT2D eigenvalue weighted by Crippen LogP contribution is -2.13. The summed E-state index contributed by atoms with van der Waals surface area (Å²) in [6, 6.07) is 9.49. The highest BCUT2D eigenvalue weighted by molar-refractivity contribution is 14.1. The number of carbonyl (C=O) groups excluding carboxylic acids is 1. The van der Waals surface area contributed by atoms with E-state index in [9.17, 15) is 4.79 Å². The van der Waals surface area contributed by atoms with Crippen LogP contribution < -0.4 is 0 Å². The van der Waals surface area contributed by atoms with Crippen molar-refractivity contribution in [2.75, 3.05) is 0 Å². The monoisotopic (exact) mass is 314 g/mol. The average molecular weight is 314 g/mol. The van der Waals surface area contributed by atoms with Crippen LogP contribution in [-0.2, 0) is 0 Å². The van der Waals surface area contributed by atoms with Crippen LogP contribution in [0.3, 0.4) is 0 Å². The fourth-order valence-corrected chi connectivity index (χ4v) is 2.16. The minimum Gasteiger partial charge on any atom is -0.293 e. The lowest BCUT2D eigenvalue weighted by Gasteiger charge is -2.07. The zero-order valence-corrected chi connectivity index (χ0v) is 10.8. The summed E-state index contributed by atoms with van der Waals surface area (Å²) < 4.78 is 0.0879. The van der Waals surface area contributed by atoms with Crippen molar-refractivity contribution in [2.45, 2.75) is 23.2 Å². The average Bonchev–Trinajstić information content (AvgIpc) is 2.29. The summed E-state index contributed by atoms with van der Waals surface area (Å²) in [6.45, 7) is 3.67. The second-order valence-electron chi connectivity index (χ2n) is 3.42. The molecule has 1 aromatic rings. The van der Waals surface area contributed by atoms with Crippen LogP contribution in [0, 0.1) is 0 Å². The van der Waals surface area contributed by atoms with Gasteiger partial charge in [0.1, 0.15) is 0 Å². The first-order valence-corrected chi connectivity index (χ1v) is 6.34. The first-order valence-electron chi connectivity index (χ1n) is 5.10. The van der Waals surface area contributed by atoms with E-state index in [1.165, 1.54) is 0 Å². The number of hydrogen-bond acceptors (Lipinski definition) is 1. The molecule has 0 amide bonds. The number of alkyl halides is 1. The number of carbonyl (C=O) groups is 1. The van der Waals surface area contributed by atoms with E-state index in [0.29, 0.717) is 0 Å². The molecule has 1 rings (SSSR count). The van der Waals surface area contributed by atoms with Gasteiger partial charge in [-0.25, -0.2) is 0 Å². The molecule has 0 aliphatic heterocycles. The Bertz CT molecular complexity index is 319. The van der Waals surface area contributed by atoms with E-state index in [1.54, 1.807) is 0 Å². The molecule has 0 fully saturated rings. The van der Waals surface area contributed by atoms with Gasteiger partial charge >= 0.3 is 0 Å². The zero-order chi connectivity index (χ0) is 11.1. The first-order chi connectivity index (χ1) is 7.25. The van der Waals surface area contributed by atoms with E-state index in [1.807, 2.05) is 36.4 Å². The molecule has 1 aromatic carbocycles. The second kappa shape index (κ2) is 6.77. The van der Waals surface area contributed by atoms with Gasteiger partial charge in [-0.2, -0.15) is 0 Å². The Morgan fingerprint density at radius 2 is 2.07 bits per heavy atom. The summed E-state index contributed by atoms with van der Waals surface area (Å²) in [6.07, 6.45) is 4.86. The Balaban J connectivity index is 2.50. The Morgan fingerprint density at radius 1 is 1.40 bits per heavy atom. The first kappa shape index (κ1) is 12.4. The fourth-order valence-electron chi connectivity index (χ4n) is 1.36. The maximum atomic E-state index is 11.9. The molecule has 1 atom stereocenters. The van der Waals surface area contributed by atoms with Gasteiger partial charge in [0.15, 0.2) is 5.78 Å². The molecule has 0 spiro atoms. The number of allylic oxidation sites excluding steroid dienone is 1. The molecule has 0 radical (unpaired) electrons. The molecule has 0 aliphatic carbocycles. The van der Waals surface area contributed by atoms with E-state index in [0.717, 1.165) is 24.8 Å². The van der Waals surface area contributed by atoms with Crippen LogP contribution in [0.15, 0.2) is 43.0 Å². The summed E-state index contributed by atoms with van der Waals surface area (Å²) in [7, 11) is 0. The van der Waals surface area contributed by atoms with Gasteiger partial charge in [0.2, 0.25) is 0 Å². The van der Waals surface area contributed by atoms with Crippen molar-refractivity contribution in [1.29, 1.82) is 0 Å². The molecule has 1 nitrogen and oxygen atoms in total. The molecule has 0 N–H and O–H groups in total. The molecule has 0 saturated carbocycles. The van der Waals surface area contributed by atoms with E-state index < -0.39 is 0 Å². The van der Waals surface area contributed by atoms with Gasteiger partial charge in [-0.1, -0.05) is 59.0 Å². The van der Waals surface area contributed by atoms with Crippen molar-refractivity contribution in [1.82, 2.24) is 0 Å². The number of halogens is 1. The summed E-state index contributed by atoms with van der Waals surface area (Å²) in [5.74, 6) is 0.236. The number of hydrogen-bond donors (Lipinski definition) is 0. The number of rotatable bonds is 6. The highest BCUT2D eigenvalue weighted by atomic mass is 127. The van der Waals surface area contributed by atoms with Gasteiger partial charge in [0.05, 0.1) is 3.92 Å². The topological polar surface area (TPSA) is 17.1 Å². The number of benzene rings is 1. The van der Waals surface area contributed by atoms with Gasteiger partial charge < -0.3 is 0 Å². The Kier molecular flexibility index (Phi) is 5.61. The third kappa shape index (κ3) is 4.16. The summed E-state index contributed by atoms with van der Waals surface area (Å²) in [4.78, 5) is 11.9. The lowest BCUT2D eigenvalue weighted by atomic mass is 10.0. The number of unbranched alkanes of at least 4 members (excludes halogenated alkanes) is 1. The molecular formula is C13H15IO. The minimum absolute atomic E-state index is 0.0879. The molecule has 0 bridgehead atoms. The Morgan fingerprint density at radius 3 is 2.67 bits per heavy atom. The number of ketones is 1. The van der Waals surface area contributed by atoms with Crippen molar-refractivity contribution in [2.24, 2.45) is 0 Å². The molecular weight excluding hydrogens is 299 g/mol. The highest BCUT2D eigenvalue weighted by Gasteiger charge is 2.15. The number of Topliss-reactive ketones (excluding diaryl/α,β-unsaturated/α-hetero) is 1. The summed E-state index contributed by atoms with van der Waals surface area (Å²) in [5.41, 5.74) is 0.815. The third-order valence-corrected chi connectivity index (χ3v) is 3.40. The quantitative estimate of drug-likeness (QED) is 0.255. The zero-order valence-electron chi connectivity index (χ0n) is 8.66. The summed E-state index contributed by atoms with van der Waals surface area (Å²) in [5, 5.41) is 0. The highest BCUT2D eigenvalue weighted by Crippen LogP contribution is 2.16. The van der Waals surface area contributed by atoms with Gasteiger partial charge in [0, 0.05) is 5.56 Å². The van der Waals surface area contributed by atoms with Crippen LogP contribution in [0.2, 0.25) is 0 Å². The maximum Gasteiger partial charge on any atom is 0.175 e. The predicted molar refractivity (Wildman–Crippen MR) is 72.6 cm³/mol. The van der Waals surface area contributed by atoms with Crippen molar-refractivity contribution >= 4 is 28.4 Å². The lowest BCUT2D eigenvalue weighted by molar-refractivity contribution is 0.0991. The predicted octanol–water partition coefficient (Wildman–Crippen LogP) is 4.03. The standard InChI is InChI=1S/C13H15IO/c1-2-3-5-10-12(14)13(15)11-8-6-4-7-9-11/h2,4,6-9,12H,1,3,5,10H2. The molecule has 80 valence electrons. The van der Waals surface area contributed by atoms with E-state index in [-0.39, 0.29) is 9.71 Å². The molecule has 0 saturated heterocycles. The van der Waals surface area contributed by atoms with Crippen LogP contribution in [-0.4, -0.2) is 9.71 Å². The Labute approximate surface area is 105 Å². The molecule has 0 heterocycles. The molecule has 15 heavy (non-hydrogen) atoms. The van der Waals surface area contributed by atoms with E-state index >= 15 is 0 Å². The largest absolute Gasteiger partial charge is 0.293 e. The van der Waals surface area contributed by atoms with Gasteiger partial charge in [-0.05, 0) is 19.3 Å². The SMILES string of the molecule is C=CCCCC(I)C(=O)c1ccccc1. The fraction of sp³-hybridized carbons (Fsp3) is 0.308. The minimum atomic E-state index is 0.0879. The van der Waals surface area contributed by atoms with Crippen LogP contribution >= 0.6 is 22.6 Å². The summed E-state index contributed by atoms with van der Waals surface area (Å²) >= 11 is 2.23. The molecule has 1 unspecified atom stereocenters. The van der Waals surface area contributed by atoms with Crippen LogP contribution in [0.25, 0.3) is 0 Å². The van der Waals surface area contributed by atoms with Crippen LogP contribution in [0.4, 0.5) is 0 Å². The van der Waals surface area contributed by atoms with Crippen LogP contribution in [0.5, 0.6) is 0 Å². The van der Waals surface area contributed by atoms with Gasteiger partial charge in [0.25, 0.3) is 0 Å². The molecule has 0 aromatic heterocycles. The van der Waals surface area contributed by atoms with Crippen molar-refractivity contribution in [3.8, 4) is 0 Å². The molecule has 2 heteroatoms. The normalized spacial score (nSPS) is 12.1.